The smallest absolute Gasteiger partial charge is 0.406 e. The number of nitrogens with one attached hydrogen (secondary N) is 1. The average molecular weight is 398 g/mol. The molecular weight excluding hydrogens is 381 g/mol. The minimum atomic E-state index is -4.75. The summed E-state index contributed by atoms with van der Waals surface area (Å²) < 4.78 is 41.2. The molecule has 0 aliphatic heterocycles. The molecule has 5 nitrogen and oxygen atoms in total. The van der Waals surface area contributed by atoms with Crippen molar-refractivity contribution < 1.29 is 17.9 Å². The first-order chi connectivity index (χ1) is 13.8. The number of para-hydroxylation sites is 1. The number of benzene rings is 2. The quantitative estimate of drug-likeness (QED) is 0.549. The van der Waals surface area contributed by atoms with Crippen LogP contribution in [-0.2, 0) is 0 Å². The van der Waals surface area contributed by atoms with Gasteiger partial charge in [0.15, 0.2) is 0 Å². The van der Waals surface area contributed by atoms with Crippen molar-refractivity contribution in [2.75, 3.05) is 5.32 Å². The summed E-state index contributed by atoms with van der Waals surface area (Å²) in [7, 11) is 0. The van der Waals surface area contributed by atoms with Crippen molar-refractivity contribution in [1.29, 1.82) is 0 Å². The molecule has 0 radical (unpaired) electrons. The van der Waals surface area contributed by atoms with Crippen LogP contribution in [0.2, 0.25) is 0 Å². The van der Waals surface area contributed by atoms with Crippen LogP contribution >= 0.6 is 0 Å². The number of ether oxygens (including phenoxy) is 1. The Hall–Kier alpha value is -3.68. The molecule has 29 heavy (non-hydrogen) atoms. The van der Waals surface area contributed by atoms with Crippen LogP contribution in [-0.4, -0.2) is 22.0 Å². The molecule has 3 aromatic rings. The van der Waals surface area contributed by atoms with Gasteiger partial charge < -0.3 is 10.1 Å². The van der Waals surface area contributed by atoms with Gasteiger partial charge in [-0.25, -0.2) is 9.97 Å². The first-order valence-electron chi connectivity index (χ1n) is 8.53. The summed E-state index contributed by atoms with van der Waals surface area (Å²) in [6.45, 7) is 5.83. The van der Waals surface area contributed by atoms with E-state index in [9.17, 15) is 13.2 Å². The maximum atomic E-state index is 12.4. The summed E-state index contributed by atoms with van der Waals surface area (Å²) in [6, 6.07) is 12.8. The Morgan fingerprint density at radius 2 is 1.79 bits per heavy atom. The zero-order valence-corrected chi connectivity index (χ0v) is 15.4. The van der Waals surface area contributed by atoms with Gasteiger partial charge in [0, 0.05) is 46.7 Å². The maximum absolute atomic E-state index is 12.4. The van der Waals surface area contributed by atoms with Crippen LogP contribution in [0.1, 0.15) is 18.1 Å². The van der Waals surface area contributed by atoms with Gasteiger partial charge in [0.05, 0.1) is 5.69 Å². The third-order valence-corrected chi connectivity index (χ3v) is 3.86. The second kappa shape index (κ2) is 8.55. The molecule has 0 amide bonds. The number of nitrogens with zero attached hydrogens (tertiary/aromatic N) is 3. The van der Waals surface area contributed by atoms with Crippen molar-refractivity contribution in [2.45, 2.75) is 13.3 Å². The fourth-order valence-corrected chi connectivity index (χ4v) is 2.57. The number of anilines is 1. The predicted molar refractivity (Wildman–Crippen MR) is 106 cm³/mol. The Labute approximate surface area is 165 Å². The molecule has 1 aromatic heterocycles. The van der Waals surface area contributed by atoms with E-state index in [1.165, 1.54) is 24.5 Å². The van der Waals surface area contributed by atoms with Crippen molar-refractivity contribution in [3.05, 3.63) is 85.0 Å². The van der Waals surface area contributed by atoms with Gasteiger partial charge in [0.2, 0.25) is 0 Å². The monoisotopic (exact) mass is 398 g/mol. The van der Waals surface area contributed by atoms with Gasteiger partial charge in [0.25, 0.3) is 0 Å². The zero-order chi connectivity index (χ0) is 20.9. The summed E-state index contributed by atoms with van der Waals surface area (Å²) in [4.78, 5) is 12.6. The van der Waals surface area contributed by atoms with E-state index in [4.69, 9.17) is 0 Å². The summed E-state index contributed by atoms with van der Waals surface area (Å²) in [5, 5.41) is 3.00. The van der Waals surface area contributed by atoms with E-state index < -0.39 is 6.36 Å². The lowest BCUT2D eigenvalue weighted by atomic mass is 10.1. The van der Waals surface area contributed by atoms with Crippen LogP contribution < -0.4 is 10.1 Å². The van der Waals surface area contributed by atoms with Gasteiger partial charge in [-0.15, -0.1) is 13.2 Å². The van der Waals surface area contributed by atoms with Crippen LogP contribution in [0.3, 0.4) is 0 Å². The van der Waals surface area contributed by atoms with E-state index in [2.05, 4.69) is 31.6 Å². The third kappa shape index (κ3) is 5.65. The minimum Gasteiger partial charge on any atom is -0.406 e. The molecule has 8 heteroatoms. The normalized spacial score (nSPS) is 11.8. The molecule has 0 atom stereocenters. The Balaban J connectivity index is 1.83. The average Bonchev–Trinajstić information content (AvgIpc) is 2.68. The molecule has 0 unspecified atom stereocenters. The van der Waals surface area contributed by atoms with Gasteiger partial charge >= 0.3 is 6.36 Å². The highest BCUT2D eigenvalue weighted by Crippen LogP contribution is 2.29. The first kappa shape index (κ1) is 20.1. The lowest BCUT2D eigenvalue weighted by molar-refractivity contribution is -0.274. The molecule has 0 bridgehead atoms. The topological polar surface area (TPSA) is 59.4 Å². The second-order valence-corrected chi connectivity index (χ2v) is 6.02. The van der Waals surface area contributed by atoms with Gasteiger partial charge in [-0.2, -0.15) is 0 Å². The number of hydrogen-bond acceptors (Lipinski definition) is 5. The van der Waals surface area contributed by atoms with Crippen molar-refractivity contribution in [1.82, 2.24) is 9.97 Å². The Kier molecular flexibility index (Phi) is 5.92. The minimum absolute atomic E-state index is 0.318. The van der Waals surface area contributed by atoms with Crippen LogP contribution in [0.4, 0.5) is 24.5 Å². The van der Waals surface area contributed by atoms with Crippen molar-refractivity contribution in [3.8, 4) is 5.75 Å². The molecule has 0 fully saturated rings. The summed E-state index contributed by atoms with van der Waals surface area (Å²) in [5.41, 5.74) is 3.72. The molecule has 0 saturated heterocycles. The van der Waals surface area contributed by atoms with E-state index in [1.54, 1.807) is 18.5 Å². The molecule has 2 aromatic carbocycles. The molecule has 0 saturated carbocycles. The van der Waals surface area contributed by atoms with E-state index in [1.807, 2.05) is 31.2 Å². The van der Waals surface area contributed by atoms with Crippen LogP contribution in [0.15, 0.2) is 78.8 Å². The SMILES string of the molecule is C=C(Nc1cccc(OC(F)(F)F)c1)c1ccccc1N=C(C)c1cncnc1. The van der Waals surface area contributed by atoms with Crippen LogP contribution in [0, 0.1) is 0 Å². The number of hydrogen-bond donors (Lipinski definition) is 1. The largest absolute Gasteiger partial charge is 0.573 e. The highest BCUT2D eigenvalue weighted by molar-refractivity contribution is 6.00. The molecule has 0 aliphatic rings. The standard InChI is InChI=1S/C21H17F3N4O/c1-14(16-11-25-13-26-12-16)28-20-9-4-3-8-19(20)15(2)27-17-6-5-7-18(10-17)29-21(22,23)24/h3-13,27H,2H2,1H3. The van der Waals surface area contributed by atoms with Gasteiger partial charge in [0.1, 0.15) is 12.1 Å². The molecule has 3 rings (SSSR count). The highest BCUT2D eigenvalue weighted by Gasteiger charge is 2.31. The molecule has 0 spiro atoms. The number of halogens is 3. The van der Waals surface area contributed by atoms with Crippen molar-refractivity contribution in [2.24, 2.45) is 4.99 Å². The third-order valence-electron chi connectivity index (χ3n) is 3.86. The van der Waals surface area contributed by atoms with Crippen molar-refractivity contribution in [3.63, 3.8) is 0 Å². The highest BCUT2D eigenvalue weighted by atomic mass is 19.4. The van der Waals surface area contributed by atoms with Gasteiger partial charge in [-0.05, 0) is 25.1 Å². The molecule has 148 valence electrons. The van der Waals surface area contributed by atoms with Crippen molar-refractivity contribution >= 4 is 22.8 Å². The maximum Gasteiger partial charge on any atom is 0.573 e. The second-order valence-electron chi connectivity index (χ2n) is 6.02. The predicted octanol–water partition coefficient (Wildman–Crippen LogP) is 5.60. The van der Waals surface area contributed by atoms with E-state index in [0.717, 1.165) is 5.56 Å². The van der Waals surface area contributed by atoms with Gasteiger partial charge in [-0.3, -0.25) is 4.99 Å². The molecule has 1 heterocycles. The number of aromatic nitrogens is 2. The number of rotatable bonds is 6. The Morgan fingerprint density at radius 1 is 1.07 bits per heavy atom. The Bertz CT molecular complexity index is 1030. The molecule has 0 aliphatic carbocycles. The van der Waals surface area contributed by atoms with E-state index >= 15 is 0 Å². The number of aliphatic imine (C=N–C) groups is 1. The summed E-state index contributed by atoms with van der Waals surface area (Å²) >= 11 is 0. The lowest BCUT2D eigenvalue weighted by Crippen LogP contribution is -2.17. The lowest BCUT2D eigenvalue weighted by Gasteiger charge is -2.14. The number of alkyl halides is 3. The zero-order valence-electron chi connectivity index (χ0n) is 15.4. The van der Waals surface area contributed by atoms with Gasteiger partial charge in [-0.1, -0.05) is 30.8 Å². The fraction of sp³-hybridized carbons (Fsp3) is 0.0952. The molecule has 1 N–H and O–H groups in total. The van der Waals surface area contributed by atoms with E-state index in [0.29, 0.717) is 28.3 Å². The summed E-state index contributed by atoms with van der Waals surface area (Å²) in [6.07, 6.45) is 0.00404. The first-order valence-corrected chi connectivity index (χ1v) is 8.53. The van der Waals surface area contributed by atoms with E-state index in [-0.39, 0.29) is 5.75 Å². The summed E-state index contributed by atoms with van der Waals surface area (Å²) in [5.74, 6) is -0.318. The van der Waals surface area contributed by atoms with Crippen LogP contribution in [0.25, 0.3) is 5.70 Å². The fourth-order valence-electron chi connectivity index (χ4n) is 2.57. The Morgan fingerprint density at radius 3 is 2.52 bits per heavy atom. The molecular formula is C21H17F3N4O. The van der Waals surface area contributed by atoms with Crippen LogP contribution in [0.5, 0.6) is 5.75 Å².